The molecule has 0 saturated carbocycles. The molecule has 2 rings (SSSR count). The third-order valence-corrected chi connectivity index (χ3v) is 6.27. The fourth-order valence-corrected chi connectivity index (χ4v) is 4.79. The minimum atomic E-state index is -3.52. The highest BCUT2D eigenvalue weighted by atomic mass is 79.9. The summed E-state index contributed by atoms with van der Waals surface area (Å²) < 4.78 is 28.1. The lowest BCUT2D eigenvalue weighted by atomic mass is 10.0. The summed E-state index contributed by atoms with van der Waals surface area (Å²) in [5.74, 6) is 0. The van der Waals surface area contributed by atoms with Gasteiger partial charge in [0.15, 0.2) is 0 Å². The van der Waals surface area contributed by atoms with Crippen molar-refractivity contribution in [1.82, 2.24) is 9.62 Å². The molecule has 1 aromatic carbocycles. The Hall–Kier alpha value is -0.630. The third kappa shape index (κ3) is 3.52. The predicted octanol–water partition coefficient (Wildman–Crippen LogP) is 1.79. The van der Waals surface area contributed by atoms with Crippen molar-refractivity contribution in [3.05, 3.63) is 22.7 Å². The number of nitrogens with zero attached hydrogens (tertiary/aromatic N) is 1. The van der Waals surface area contributed by atoms with Gasteiger partial charge < -0.3 is 10.6 Å². The van der Waals surface area contributed by atoms with E-state index in [-0.39, 0.29) is 10.9 Å². The van der Waals surface area contributed by atoms with E-state index in [0.717, 1.165) is 19.4 Å². The summed E-state index contributed by atoms with van der Waals surface area (Å²) >= 11 is 3.26. The van der Waals surface area contributed by atoms with Crippen LogP contribution in [0.25, 0.3) is 0 Å². The van der Waals surface area contributed by atoms with Crippen LogP contribution in [0.4, 0.5) is 5.69 Å². The largest absolute Gasteiger partial charge is 0.399 e. The molecule has 0 bridgehead atoms. The maximum absolute atomic E-state index is 12.4. The first kappa shape index (κ1) is 15.8. The molecule has 5 nitrogen and oxygen atoms in total. The smallest absolute Gasteiger partial charge is 0.241 e. The van der Waals surface area contributed by atoms with Crippen molar-refractivity contribution in [2.75, 3.05) is 19.3 Å². The molecule has 1 saturated heterocycles. The van der Waals surface area contributed by atoms with E-state index < -0.39 is 10.0 Å². The average molecular weight is 362 g/mol. The molecule has 2 unspecified atom stereocenters. The Bertz CT molecular complexity index is 591. The van der Waals surface area contributed by atoms with E-state index in [1.165, 1.54) is 6.07 Å². The maximum Gasteiger partial charge on any atom is 0.241 e. The minimum Gasteiger partial charge on any atom is -0.399 e. The molecular formula is C13H20BrN3O2S. The molecule has 0 amide bonds. The molecule has 7 heteroatoms. The van der Waals surface area contributed by atoms with Gasteiger partial charge in [-0.2, -0.15) is 0 Å². The van der Waals surface area contributed by atoms with Crippen LogP contribution in [-0.2, 0) is 10.0 Å². The van der Waals surface area contributed by atoms with Crippen molar-refractivity contribution in [2.24, 2.45) is 0 Å². The quantitative estimate of drug-likeness (QED) is 0.804. The molecule has 0 spiro atoms. The van der Waals surface area contributed by atoms with Gasteiger partial charge in [-0.3, -0.25) is 0 Å². The van der Waals surface area contributed by atoms with E-state index in [0.29, 0.717) is 16.2 Å². The van der Waals surface area contributed by atoms with Crippen LogP contribution in [0.5, 0.6) is 0 Å². The normalized spacial score (nSPS) is 24.8. The number of nitrogen functional groups attached to an aromatic ring is 1. The zero-order valence-corrected chi connectivity index (χ0v) is 14.0. The van der Waals surface area contributed by atoms with E-state index in [4.69, 9.17) is 5.73 Å². The molecular weight excluding hydrogens is 342 g/mol. The summed E-state index contributed by atoms with van der Waals surface area (Å²) in [4.78, 5) is 2.47. The second kappa shape index (κ2) is 6.01. The van der Waals surface area contributed by atoms with Crippen LogP contribution < -0.4 is 10.5 Å². The van der Waals surface area contributed by atoms with Crippen LogP contribution >= 0.6 is 15.9 Å². The van der Waals surface area contributed by atoms with Crippen molar-refractivity contribution < 1.29 is 8.42 Å². The van der Waals surface area contributed by atoms with Crippen LogP contribution in [-0.4, -0.2) is 39.0 Å². The first-order valence-electron chi connectivity index (χ1n) is 6.57. The fraction of sp³-hybridized carbons (Fsp3) is 0.538. The van der Waals surface area contributed by atoms with Gasteiger partial charge in [0.05, 0.1) is 4.90 Å². The number of hydrogen-bond acceptors (Lipinski definition) is 4. The van der Waals surface area contributed by atoms with Crippen molar-refractivity contribution in [3.8, 4) is 0 Å². The average Bonchev–Trinajstić information content (AvgIpc) is 2.33. The number of sulfonamides is 1. The summed E-state index contributed by atoms with van der Waals surface area (Å²) in [6.07, 6.45) is 1.65. The van der Waals surface area contributed by atoms with Crippen molar-refractivity contribution in [2.45, 2.75) is 36.7 Å². The van der Waals surface area contributed by atoms with Gasteiger partial charge >= 0.3 is 0 Å². The number of halogens is 1. The maximum atomic E-state index is 12.4. The zero-order valence-electron chi connectivity index (χ0n) is 11.6. The molecule has 1 fully saturated rings. The molecule has 112 valence electrons. The van der Waals surface area contributed by atoms with Gasteiger partial charge in [-0.25, -0.2) is 13.1 Å². The molecule has 0 aromatic heterocycles. The van der Waals surface area contributed by atoms with Gasteiger partial charge in [0.1, 0.15) is 0 Å². The molecule has 0 radical (unpaired) electrons. The van der Waals surface area contributed by atoms with Crippen molar-refractivity contribution >= 4 is 31.6 Å². The first-order valence-corrected chi connectivity index (χ1v) is 8.85. The van der Waals surface area contributed by atoms with Gasteiger partial charge in [0.2, 0.25) is 10.0 Å². The topological polar surface area (TPSA) is 75.4 Å². The van der Waals surface area contributed by atoms with Gasteiger partial charge in [-0.05, 0) is 67.5 Å². The Kier molecular flexibility index (Phi) is 4.73. The SMILES string of the molecule is CC1CC(NS(=O)(=O)c2ccc(N)cc2Br)CCN1C. The molecule has 1 heterocycles. The number of anilines is 1. The third-order valence-electron chi connectivity index (χ3n) is 3.78. The Balaban J connectivity index is 2.15. The van der Waals surface area contributed by atoms with Crippen LogP contribution in [0.1, 0.15) is 19.8 Å². The number of rotatable bonds is 3. The zero-order chi connectivity index (χ0) is 14.9. The highest BCUT2D eigenvalue weighted by molar-refractivity contribution is 9.10. The van der Waals surface area contributed by atoms with Crippen LogP contribution in [0.2, 0.25) is 0 Å². The lowest BCUT2D eigenvalue weighted by Crippen LogP contribution is -2.47. The highest BCUT2D eigenvalue weighted by Gasteiger charge is 2.27. The minimum absolute atomic E-state index is 0.0179. The number of likely N-dealkylation sites (tertiary alicyclic amines) is 1. The molecule has 20 heavy (non-hydrogen) atoms. The molecule has 0 aliphatic carbocycles. The Labute approximate surface area is 128 Å². The fourth-order valence-electron chi connectivity index (χ4n) is 2.41. The van der Waals surface area contributed by atoms with E-state index >= 15 is 0 Å². The Morgan fingerprint density at radius 3 is 2.75 bits per heavy atom. The summed E-state index contributed by atoms with van der Waals surface area (Å²) in [7, 11) is -1.46. The molecule has 1 aromatic rings. The molecule has 2 atom stereocenters. The standard InChI is InChI=1S/C13H20BrN3O2S/c1-9-7-11(5-6-17(9)2)16-20(18,19)13-4-3-10(15)8-12(13)14/h3-4,8-9,11,16H,5-7,15H2,1-2H3. The number of nitrogens with two attached hydrogens (primary N) is 1. The summed E-state index contributed by atoms with van der Waals surface area (Å²) in [6, 6.07) is 5.09. The number of hydrogen-bond donors (Lipinski definition) is 2. The van der Waals surface area contributed by atoms with Gasteiger partial charge in [-0.15, -0.1) is 0 Å². The van der Waals surface area contributed by atoms with E-state index in [9.17, 15) is 8.42 Å². The Morgan fingerprint density at radius 1 is 1.45 bits per heavy atom. The van der Waals surface area contributed by atoms with Gasteiger partial charge in [0, 0.05) is 22.2 Å². The van der Waals surface area contributed by atoms with Crippen LogP contribution in [0.15, 0.2) is 27.6 Å². The van der Waals surface area contributed by atoms with Crippen LogP contribution in [0.3, 0.4) is 0 Å². The molecule has 1 aliphatic heterocycles. The number of nitrogens with one attached hydrogen (secondary N) is 1. The Morgan fingerprint density at radius 2 is 2.15 bits per heavy atom. The number of piperidine rings is 1. The van der Waals surface area contributed by atoms with Crippen LogP contribution in [0, 0.1) is 0 Å². The van der Waals surface area contributed by atoms with Crippen molar-refractivity contribution in [1.29, 1.82) is 0 Å². The predicted molar refractivity (Wildman–Crippen MR) is 84.0 cm³/mol. The number of benzene rings is 1. The van der Waals surface area contributed by atoms with E-state index in [2.05, 4.69) is 39.5 Å². The highest BCUT2D eigenvalue weighted by Crippen LogP contribution is 2.25. The monoisotopic (exact) mass is 361 g/mol. The van der Waals surface area contributed by atoms with E-state index in [1.54, 1.807) is 12.1 Å². The van der Waals surface area contributed by atoms with Crippen molar-refractivity contribution in [3.63, 3.8) is 0 Å². The molecule has 3 N–H and O–H groups in total. The second-order valence-corrected chi connectivity index (χ2v) is 7.90. The van der Waals surface area contributed by atoms with Gasteiger partial charge in [-0.1, -0.05) is 0 Å². The summed E-state index contributed by atoms with van der Waals surface area (Å²) in [6.45, 7) is 3.01. The second-order valence-electron chi connectivity index (χ2n) is 5.36. The lowest BCUT2D eigenvalue weighted by molar-refractivity contribution is 0.178. The van der Waals surface area contributed by atoms with E-state index in [1.807, 2.05) is 0 Å². The first-order chi connectivity index (χ1) is 9.29. The molecule has 1 aliphatic rings. The summed E-state index contributed by atoms with van der Waals surface area (Å²) in [5, 5.41) is 0. The van der Waals surface area contributed by atoms with Gasteiger partial charge in [0.25, 0.3) is 0 Å². The lowest BCUT2D eigenvalue weighted by Gasteiger charge is -2.35. The summed E-state index contributed by atoms with van der Waals surface area (Å²) in [5.41, 5.74) is 6.17.